The largest absolute Gasteiger partial charge is 0.414 e. The maximum absolute atomic E-state index is 12.4. The minimum Gasteiger partial charge on any atom is -0.391 e. The minimum atomic E-state index is -3.22. The first kappa shape index (κ1) is 17.6. The third-order valence-electron chi connectivity index (χ3n) is 1.37. The molecule has 0 atom stereocenters. The smallest absolute Gasteiger partial charge is 0.391 e. The van der Waals surface area contributed by atoms with Gasteiger partial charge in [-0.2, -0.15) is 4.98 Å². The van der Waals surface area contributed by atoms with Crippen LogP contribution in [0, 0.1) is 0 Å². The van der Waals surface area contributed by atoms with Crippen molar-refractivity contribution in [2.75, 3.05) is 19.0 Å². The lowest BCUT2D eigenvalue weighted by molar-refractivity contribution is 0.396. The van der Waals surface area contributed by atoms with Gasteiger partial charge >= 0.3 is 11.8 Å². The van der Waals surface area contributed by atoms with Crippen molar-refractivity contribution in [2.45, 2.75) is 25.1 Å². The third-order valence-corrected chi connectivity index (χ3v) is 7.78. The second kappa shape index (κ2) is 9.49. The Morgan fingerprint density at radius 2 is 1.84 bits per heavy atom. The highest BCUT2D eigenvalue weighted by Crippen LogP contribution is 2.69. The first-order chi connectivity index (χ1) is 9.13. The zero-order valence-electron chi connectivity index (χ0n) is 10.7. The number of aromatic nitrogens is 2. The van der Waals surface area contributed by atoms with Crippen molar-refractivity contribution in [1.82, 2.24) is 9.36 Å². The molecule has 1 heterocycles. The van der Waals surface area contributed by atoms with E-state index < -0.39 is 5.77 Å². The Hall–Kier alpha value is 0.560. The van der Waals surface area contributed by atoms with Crippen molar-refractivity contribution >= 4 is 52.4 Å². The van der Waals surface area contributed by atoms with Crippen LogP contribution in [0.5, 0.6) is 6.01 Å². The van der Waals surface area contributed by atoms with E-state index >= 15 is 0 Å². The number of hydrogen-bond acceptors (Lipinski definition) is 10. The molecule has 0 radical (unpaired) electrons. The summed E-state index contributed by atoms with van der Waals surface area (Å²) in [6.45, 7) is 6.48. The fraction of sp³-hybridized carbons (Fsp3) is 0.750. The SMILES string of the molecule is CCOSP(=O)(Oc1nsc(SCC)n1)SOCC. The molecule has 0 spiro atoms. The van der Waals surface area contributed by atoms with E-state index in [4.69, 9.17) is 12.9 Å². The van der Waals surface area contributed by atoms with Crippen LogP contribution in [-0.4, -0.2) is 28.3 Å². The highest BCUT2D eigenvalue weighted by Gasteiger charge is 2.31. The van der Waals surface area contributed by atoms with Gasteiger partial charge in [0.05, 0.1) is 13.2 Å². The average molecular weight is 362 g/mol. The zero-order chi connectivity index (χ0) is 14.1. The fourth-order valence-electron chi connectivity index (χ4n) is 0.794. The Morgan fingerprint density at radius 3 is 2.37 bits per heavy atom. The summed E-state index contributed by atoms with van der Waals surface area (Å²) in [7, 11) is 0. The molecule has 0 fully saturated rings. The summed E-state index contributed by atoms with van der Waals surface area (Å²) in [6.07, 6.45) is 0. The van der Waals surface area contributed by atoms with Crippen molar-refractivity contribution < 1.29 is 17.5 Å². The third kappa shape index (κ3) is 6.70. The standard InChI is InChI=1S/C8H15N2O4PS4/c1-4-12-18-15(11,19-13-5-2)14-7-9-8(16-6-3)17-10-7/h4-6H2,1-3H3. The molecule has 11 heteroatoms. The van der Waals surface area contributed by atoms with Crippen LogP contribution in [-0.2, 0) is 12.9 Å². The van der Waals surface area contributed by atoms with E-state index in [9.17, 15) is 4.57 Å². The summed E-state index contributed by atoms with van der Waals surface area (Å²) in [5.74, 6) is -2.32. The molecule has 1 rings (SSSR count). The van der Waals surface area contributed by atoms with Crippen LogP contribution in [0.1, 0.15) is 20.8 Å². The number of rotatable bonds is 10. The van der Waals surface area contributed by atoms with E-state index in [1.807, 2.05) is 6.92 Å². The van der Waals surface area contributed by atoms with Crippen molar-refractivity contribution in [3.63, 3.8) is 0 Å². The number of thioether (sulfide) groups is 1. The van der Waals surface area contributed by atoms with E-state index in [2.05, 4.69) is 9.36 Å². The summed E-state index contributed by atoms with van der Waals surface area (Å²) in [6, 6.07) is 0.101. The molecule has 0 aliphatic heterocycles. The van der Waals surface area contributed by atoms with Crippen molar-refractivity contribution in [1.29, 1.82) is 0 Å². The van der Waals surface area contributed by atoms with Crippen molar-refractivity contribution in [3.05, 3.63) is 0 Å². The predicted molar refractivity (Wildman–Crippen MR) is 83.0 cm³/mol. The van der Waals surface area contributed by atoms with Crippen LogP contribution in [0.2, 0.25) is 0 Å². The van der Waals surface area contributed by atoms with E-state index in [0.29, 0.717) is 13.2 Å². The van der Waals surface area contributed by atoms with Crippen LogP contribution < -0.4 is 4.52 Å². The fourth-order valence-corrected chi connectivity index (χ4v) is 6.17. The van der Waals surface area contributed by atoms with E-state index in [1.54, 1.807) is 25.6 Å². The molecule has 0 aromatic carbocycles. The summed E-state index contributed by atoms with van der Waals surface area (Å²) in [4.78, 5) is 4.14. The molecular formula is C8H15N2O4PS4. The Morgan fingerprint density at radius 1 is 1.21 bits per heavy atom. The summed E-state index contributed by atoms with van der Waals surface area (Å²) >= 11 is 4.32. The Bertz CT molecular complexity index is 407. The van der Waals surface area contributed by atoms with Gasteiger partial charge < -0.3 is 12.9 Å². The topological polar surface area (TPSA) is 70.5 Å². The molecule has 0 bridgehead atoms. The first-order valence-electron chi connectivity index (χ1n) is 5.52. The average Bonchev–Trinajstić information content (AvgIpc) is 2.82. The molecule has 6 nitrogen and oxygen atoms in total. The van der Waals surface area contributed by atoms with Gasteiger partial charge in [0.15, 0.2) is 4.34 Å². The van der Waals surface area contributed by atoms with Gasteiger partial charge in [-0.1, -0.05) is 18.7 Å². The molecule has 0 unspecified atom stereocenters. The van der Waals surface area contributed by atoms with Gasteiger partial charge in [-0.3, -0.25) is 0 Å². The van der Waals surface area contributed by atoms with Crippen LogP contribution in [0.3, 0.4) is 0 Å². The van der Waals surface area contributed by atoms with Crippen LogP contribution in [0.15, 0.2) is 4.34 Å². The molecule has 0 N–H and O–H groups in total. The van der Waals surface area contributed by atoms with Crippen molar-refractivity contribution in [2.24, 2.45) is 0 Å². The summed E-state index contributed by atoms with van der Waals surface area (Å²) in [5, 5.41) is 0. The lowest BCUT2D eigenvalue weighted by atomic mass is 10.9. The van der Waals surface area contributed by atoms with E-state index in [-0.39, 0.29) is 6.01 Å². The zero-order valence-corrected chi connectivity index (χ0v) is 14.9. The molecular weight excluding hydrogens is 347 g/mol. The van der Waals surface area contributed by atoms with E-state index in [1.165, 1.54) is 11.5 Å². The van der Waals surface area contributed by atoms with E-state index in [0.717, 1.165) is 33.4 Å². The summed E-state index contributed by atoms with van der Waals surface area (Å²) < 4.78 is 32.8. The molecule has 0 saturated heterocycles. The molecule has 0 aliphatic carbocycles. The highest BCUT2D eigenvalue weighted by molar-refractivity contribution is 8.87. The number of hydrogen-bond donors (Lipinski definition) is 0. The molecule has 0 saturated carbocycles. The molecule has 0 aliphatic rings. The Balaban J connectivity index is 2.66. The predicted octanol–water partition coefficient (Wildman–Crippen LogP) is 4.51. The second-order valence-corrected chi connectivity index (χ2v) is 11.4. The molecule has 1 aromatic rings. The van der Waals surface area contributed by atoms with Gasteiger partial charge in [0.1, 0.15) is 23.3 Å². The highest BCUT2D eigenvalue weighted by atomic mass is 33.1. The lowest BCUT2D eigenvalue weighted by Crippen LogP contribution is -1.91. The maximum Gasteiger partial charge on any atom is 0.414 e. The molecule has 1 aromatic heterocycles. The van der Waals surface area contributed by atoms with Crippen LogP contribution >= 0.6 is 52.4 Å². The maximum atomic E-state index is 12.4. The van der Waals surface area contributed by atoms with Crippen molar-refractivity contribution in [3.8, 4) is 6.01 Å². The van der Waals surface area contributed by atoms with Gasteiger partial charge in [0.2, 0.25) is 0 Å². The van der Waals surface area contributed by atoms with Gasteiger partial charge in [-0.15, -0.1) is 4.37 Å². The summed E-state index contributed by atoms with van der Waals surface area (Å²) in [5.41, 5.74) is 0. The van der Waals surface area contributed by atoms with Gasteiger partial charge in [-0.05, 0) is 31.1 Å². The second-order valence-electron chi connectivity index (χ2n) is 2.78. The molecule has 110 valence electrons. The lowest BCUT2D eigenvalue weighted by Gasteiger charge is -2.13. The van der Waals surface area contributed by atoms with Crippen LogP contribution in [0.4, 0.5) is 0 Å². The van der Waals surface area contributed by atoms with Gasteiger partial charge in [0, 0.05) is 0 Å². The Labute approximate surface area is 129 Å². The molecule has 0 amide bonds. The quantitative estimate of drug-likeness (QED) is 0.340. The van der Waals surface area contributed by atoms with Gasteiger partial charge in [-0.25, -0.2) is 4.57 Å². The number of nitrogens with zero attached hydrogens (tertiary/aromatic N) is 2. The normalized spacial score (nSPS) is 11.7. The monoisotopic (exact) mass is 362 g/mol. The minimum absolute atomic E-state index is 0.101. The first-order valence-corrected chi connectivity index (χ1v) is 11.6. The van der Waals surface area contributed by atoms with Crippen LogP contribution in [0.25, 0.3) is 0 Å². The van der Waals surface area contributed by atoms with Gasteiger partial charge in [0.25, 0.3) is 0 Å². The Kier molecular flexibility index (Phi) is 8.79. The molecule has 19 heavy (non-hydrogen) atoms.